The van der Waals surface area contributed by atoms with Gasteiger partial charge >= 0.3 is 5.97 Å². The lowest BCUT2D eigenvalue weighted by Gasteiger charge is -2.35. The van der Waals surface area contributed by atoms with Gasteiger partial charge in [0.25, 0.3) is 5.91 Å². The van der Waals surface area contributed by atoms with E-state index in [1.54, 1.807) is 20.8 Å². The first-order chi connectivity index (χ1) is 12.8. The Labute approximate surface area is 172 Å². The molecule has 4 nitrogen and oxygen atoms in total. The van der Waals surface area contributed by atoms with Crippen molar-refractivity contribution >= 4 is 35.1 Å². The highest BCUT2D eigenvalue weighted by molar-refractivity contribution is 6.52. The molecule has 152 valence electrons. The van der Waals surface area contributed by atoms with Crippen LogP contribution in [0.5, 0.6) is 0 Å². The van der Waals surface area contributed by atoms with Gasteiger partial charge in [-0.25, -0.2) is 8.78 Å². The molecule has 0 saturated heterocycles. The molecule has 1 aromatic carbocycles. The maximum Gasteiger partial charge on any atom is 0.326 e. The van der Waals surface area contributed by atoms with Gasteiger partial charge in [0.1, 0.15) is 18.3 Å². The van der Waals surface area contributed by atoms with Crippen LogP contribution in [-0.2, 0) is 20.6 Å². The molecule has 3 aliphatic rings. The summed E-state index contributed by atoms with van der Waals surface area (Å²) in [6.07, 6.45) is -0.998. The zero-order valence-electron chi connectivity index (χ0n) is 15.8. The van der Waals surface area contributed by atoms with Gasteiger partial charge in [-0.05, 0) is 44.4 Å². The Morgan fingerprint density at radius 2 is 1.96 bits per heavy atom. The maximum absolute atomic E-state index is 14.9. The van der Waals surface area contributed by atoms with E-state index in [0.717, 1.165) is 0 Å². The number of hydrogen-bond donors (Lipinski definition) is 0. The monoisotopic (exact) mass is 431 g/mol. The van der Waals surface area contributed by atoms with Crippen LogP contribution in [0.3, 0.4) is 0 Å². The molecule has 0 aromatic heterocycles. The second-order valence-electron chi connectivity index (χ2n) is 9.02. The van der Waals surface area contributed by atoms with Crippen molar-refractivity contribution in [3.63, 3.8) is 0 Å². The van der Waals surface area contributed by atoms with E-state index in [1.807, 2.05) is 0 Å². The number of hydrogen-bond acceptors (Lipinski definition) is 3. The number of carbonyl (C=O) groups is 2. The molecule has 1 spiro atoms. The van der Waals surface area contributed by atoms with Gasteiger partial charge in [-0.1, -0.05) is 35.3 Å². The van der Waals surface area contributed by atoms with Crippen LogP contribution >= 0.6 is 23.2 Å². The standard InChI is InChI=1S/C20H21Cl2F2NO3/c1-17(2,3)28-15(26)8-25-10-18(7-14(18)23)13-6-11(4-5-12(13)16(25)27)19(24)9-20(19,21)22/h4-6,14H,7-10H2,1-3H3/t14-,18-,19?/m1/s1. The molecular formula is C20H21Cl2F2NO3. The molecule has 1 amide bonds. The number of alkyl halides is 4. The van der Waals surface area contributed by atoms with Crippen LogP contribution in [0.15, 0.2) is 18.2 Å². The first kappa shape index (κ1) is 19.9. The first-order valence-corrected chi connectivity index (χ1v) is 9.92. The number of rotatable bonds is 3. The predicted octanol–water partition coefficient (Wildman–Crippen LogP) is 4.21. The molecule has 4 rings (SSSR count). The van der Waals surface area contributed by atoms with Crippen molar-refractivity contribution < 1.29 is 23.1 Å². The van der Waals surface area contributed by atoms with Gasteiger partial charge in [-0.2, -0.15) is 0 Å². The summed E-state index contributed by atoms with van der Waals surface area (Å²) in [6.45, 7) is 4.99. The van der Waals surface area contributed by atoms with Gasteiger partial charge in [0, 0.05) is 23.9 Å². The summed E-state index contributed by atoms with van der Waals surface area (Å²) in [4.78, 5) is 26.4. The van der Waals surface area contributed by atoms with E-state index in [9.17, 15) is 18.4 Å². The van der Waals surface area contributed by atoms with E-state index >= 15 is 0 Å². The van der Waals surface area contributed by atoms with E-state index in [-0.39, 0.29) is 37.1 Å². The maximum atomic E-state index is 14.9. The summed E-state index contributed by atoms with van der Waals surface area (Å²) < 4.78 is 33.2. The minimum atomic E-state index is -1.90. The molecule has 1 aromatic rings. The molecule has 1 unspecified atom stereocenters. The van der Waals surface area contributed by atoms with Crippen molar-refractivity contribution in [2.24, 2.45) is 0 Å². The molecule has 8 heteroatoms. The highest BCUT2D eigenvalue weighted by Crippen LogP contribution is 2.66. The SMILES string of the molecule is CC(C)(C)OC(=O)CN1C[C@]2(C[C@H]2F)c2cc(C3(F)CC3(Cl)Cl)ccc2C1=O. The first-order valence-electron chi connectivity index (χ1n) is 9.16. The third kappa shape index (κ3) is 3.00. The van der Waals surface area contributed by atoms with Gasteiger partial charge < -0.3 is 9.64 Å². The van der Waals surface area contributed by atoms with Gasteiger partial charge in [-0.15, -0.1) is 0 Å². The van der Waals surface area contributed by atoms with Gasteiger partial charge in [-0.3, -0.25) is 9.59 Å². The van der Waals surface area contributed by atoms with Crippen molar-refractivity contribution in [1.29, 1.82) is 0 Å². The fourth-order valence-corrected chi connectivity index (χ4v) is 4.58. The second kappa shape index (κ2) is 5.82. The van der Waals surface area contributed by atoms with E-state index in [2.05, 4.69) is 0 Å². The largest absolute Gasteiger partial charge is 0.459 e. The molecule has 2 aliphatic carbocycles. The third-order valence-electron chi connectivity index (χ3n) is 5.65. The zero-order valence-corrected chi connectivity index (χ0v) is 17.3. The number of halogens is 4. The van der Waals surface area contributed by atoms with Crippen molar-refractivity contribution in [1.82, 2.24) is 4.90 Å². The van der Waals surface area contributed by atoms with Crippen molar-refractivity contribution in [2.75, 3.05) is 13.1 Å². The van der Waals surface area contributed by atoms with E-state index in [1.165, 1.54) is 23.1 Å². The van der Waals surface area contributed by atoms with Crippen LogP contribution in [0, 0.1) is 0 Å². The van der Waals surface area contributed by atoms with Gasteiger partial charge in [0.15, 0.2) is 10.0 Å². The van der Waals surface area contributed by atoms with Crippen LogP contribution in [0.25, 0.3) is 0 Å². The summed E-state index contributed by atoms with van der Waals surface area (Å²) in [5.41, 5.74) is -2.51. The molecule has 2 saturated carbocycles. The molecular weight excluding hydrogens is 411 g/mol. The number of ether oxygens (including phenoxy) is 1. The fraction of sp³-hybridized carbons (Fsp3) is 0.600. The molecule has 1 heterocycles. The molecule has 0 radical (unpaired) electrons. The smallest absolute Gasteiger partial charge is 0.326 e. The quantitative estimate of drug-likeness (QED) is 0.531. The summed E-state index contributed by atoms with van der Waals surface area (Å²) in [5.74, 6) is -0.953. The van der Waals surface area contributed by atoms with Crippen molar-refractivity contribution in [3.05, 3.63) is 34.9 Å². The van der Waals surface area contributed by atoms with Crippen LogP contribution in [0.1, 0.15) is 55.1 Å². The van der Waals surface area contributed by atoms with Crippen LogP contribution in [0.4, 0.5) is 8.78 Å². The summed E-state index contributed by atoms with van der Waals surface area (Å²) in [6, 6.07) is 4.46. The minimum absolute atomic E-state index is 0.0489. The Bertz CT molecular complexity index is 885. The molecule has 3 atom stereocenters. The lowest BCUT2D eigenvalue weighted by atomic mass is 9.84. The van der Waals surface area contributed by atoms with Gasteiger partial charge in [0.2, 0.25) is 0 Å². The lowest BCUT2D eigenvalue weighted by molar-refractivity contribution is -0.155. The average Bonchev–Trinajstić information content (AvgIpc) is 3.35. The van der Waals surface area contributed by atoms with Gasteiger partial charge in [0.05, 0.1) is 0 Å². The normalized spacial score (nSPS) is 32.9. The number of carbonyl (C=O) groups excluding carboxylic acids is 2. The Balaban J connectivity index is 1.65. The summed E-state index contributed by atoms with van der Waals surface area (Å²) in [5, 5.41) is 0. The highest BCUT2D eigenvalue weighted by atomic mass is 35.5. The Kier molecular flexibility index (Phi) is 4.13. The van der Waals surface area contributed by atoms with E-state index < -0.39 is 39.1 Å². The minimum Gasteiger partial charge on any atom is -0.459 e. The molecule has 1 aliphatic heterocycles. The second-order valence-corrected chi connectivity index (χ2v) is 10.5. The molecule has 28 heavy (non-hydrogen) atoms. The Hall–Kier alpha value is -1.40. The number of esters is 1. The zero-order chi connectivity index (χ0) is 20.7. The predicted molar refractivity (Wildman–Crippen MR) is 101 cm³/mol. The van der Waals surface area contributed by atoms with Crippen LogP contribution in [0.2, 0.25) is 0 Å². The third-order valence-corrected chi connectivity index (χ3v) is 6.51. The van der Waals surface area contributed by atoms with E-state index in [4.69, 9.17) is 27.9 Å². The topological polar surface area (TPSA) is 46.6 Å². The lowest BCUT2D eigenvalue weighted by Crippen LogP contribution is -2.47. The fourth-order valence-electron chi connectivity index (χ4n) is 3.99. The van der Waals surface area contributed by atoms with Crippen LogP contribution in [-0.4, -0.2) is 46.0 Å². The summed E-state index contributed by atoms with van der Waals surface area (Å²) >= 11 is 11.9. The Morgan fingerprint density at radius 1 is 1.36 bits per heavy atom. The van der Waals surface area contributed by atoms with Crippen molar-refractivity contribution in [2.45, 2.75) is 60.8 Å². The summed E-state index contributed by atoms with van der Waals surface area (Å²) in [7, 11) is 0. The number of amides is 1. The van der Waals surface area contributed by atoms with Crippen molar-refractivity contribution in [3.8, 4) is 0 Å². The molecule has 0 N–H and O–H groups in total. The molecule has 2 fully saturated rings. The number of fused-ring (bicyclic) bond motifs is 2. The Morgan fingerprint density at radius 3 is 2.46 bits per heavy atom. The number of nitrogens with zero attached hydrogens (tertiary/aromatic N) is 1. The average molecular weight is 432 g/mol. The highest BCUT2D eigenvalue weighted by Gasteiger charge is 2.70. The number of benzene rings is 1. The molecule has 0 bridgehead atoms. The van der Waals surface area contributed by atoms with E-state index in [0.29, 0.717) is 5.56 Å². The van der Waals surface area contributed by atoms with Crippen LogP contribution < -0.4 is 0 Å².